The Morgan fingerprint density at radius 1 is 1.41 bits per heavy atom. The van der Waals surface area contributed by atoms with Crippen LogP contribution in [0.25, 0.3) is 0 Å². The zero-order valence-electron chi connectivity index (χ0n) is 10.8. The molecule has 0 bridgehead atoms. The third-order valence-electron chi connectivity index (χ3n) is 3.49. The molecule has 0 radical (unpaired) electrons. The van der Waals surface area contributed by atoms with E-state index in [0.29, 0.717) is 12.0 Å². The van der Waals surface area contributed by atoms with Gasteiger partial charge in [0.15, 0.2) is 0 Å². The third kappa shape index (κ3) is 2.61. The average molecular weight is 251 g/mol. The first-order chi connectivity index (χ1) is 8.13. The van der Waals surface area contributed by atoms with Gasteiger partial charge in [-0.2, -0.15) is 0 Å². The molecule has 0 spiro atoms. The van der Waals surface area contributed by atoms with Crippen LogP contribution in [0.2, 0.25) is 0 Å². The molecule has 0 amide bonds. The van der Waals surface area contributed by atoms with Gasteiger partial charge in [-0.1, -0.05) is 26.0 Å². The summed E-state index contributed by atoms with van der Waals surface area (Å²) >= 11 is 0. The summed E-state index contributed by atoms with van der Waals surface area (Å²) in [5, 5.41) is 3.35. The molecule has 17 heavy (non-hydrogen) atoms. The van der Waals surface area contributed by atoms with E-state index < -0.39 is 10.8 Å². The summed E-state index contributed by atoms with van der Waals surface area (Å²) in [5.74, 6) is 1.32. The van der Waals surface area contributed by atoms with E-state index in [4.69, 9.17) is 0 Å². The highest BCUT2D eigenvalue weighted by atomic mass is 32.2. The molecule has 0 saturated heterocycles. The van der Waals surface area contributed by atoms with E-state index in [1.165, 1.54) is 11.1 Å². The van der Waals surface area contributed by atoms with Crippen molar-refractivity contribution in [2.45, 2.75) is 43.5 Å². The highest BCUT2D eigenvalue weighted by Crippen LogP contribution is 2.31. The molecule has 2 atom stereocenters. The minimum atomic E-state index is -0.816. The van der Waals surface area contributed by atoms with E-state index in [1.54, 1.807) is 0 Å². The van der Waals surface area contributed by atoms with Crippen molar-refractivity contribution in [2.24, 2.45) is 0 Å². The Kier molecular flexibility index (Phi) is 4.00. The van der Waals surface area contributed by atoms with Crippen LogP contribution in [-0.2, 0) is 10.8 Å². The first-order valence-corrected chi connectivity index (χ1v) is 7.65. The molecule has 0 fully saturated rings. The number of hydrogen-bond donors (Lipinski definition) is 1. The van der Waals surface area contributed by atoms with Crippen LogP contribution in [0.4, 0.5) is 0 Å². The third-order valence-corrected chi connectivity index (χ3v) is 5.01. The Morgan fingerprint density at radius 3 is 2.82 bits per heavy atom. The Hall–Kier alpha value is -0.670. The monoisotopic (exact) mass is 251 g/mol. The normalized spacial score (nSPS) is 24.5. The van der Waals surface area contributed by atoms with Crippen molar-refractivity contribution in [3.05, 3.63) is 29.3 Å². The molecular weight excluding hydrogens is 230 g/mol. The molecule has 1 heterocycles. The second-order valence-electron chi connectivity index (χ2n) is 4.99. The second-order valence-corrected chi connectivity index (χ2v) is 6.52. The summed E-state index contributed by atoms with van der Waals surface area (Å²) in [6, 6.07) is 6.79. The SMILES string of the molecule is CNC1CCCS(=O)c2ccc(C(C)C)cc21. The molecule has 1 aliphatic rings. The molecule has 1 aromatic rings. The minimum absolute atomic E-state index is 0.357. The molecule has 3 heteroatoms. The van der Waals surface area contributed by atoms with Crippen molar-refractivity contribution in [3.63, 3.8) is 0 Å². The topological polar surface area (TPSA) is 29.1 Å². The molecular formula is C14H21NOS. The Balaban J connectivity index is 2.50. The molecule has 1 N–H and O–H groups in total. The lowest BCUT2D eigenvalue weighted by atomic mass is 9.96. The van der Waals surface area contributed by atoms with E-state index in [2.05, 4.69) is 37.4 Å². The molecule has 0 aromatic heterocycles. The van der Waals surface area contributed by atoms with Crippen LogP contribution >= 0.6 is 0 Å². The van der Waals surface area contributed by atoms with Gasteiger partial charge < -0.3 is 5.32 Å². The number of hydrogen-bond acceptors (Lipinski definition) is 2. The maximum atomic E-state index is 12.1. The van der Waals surface area contributed by atoms with Crippen LogP contribution < -0.4 is 5.32 Å². The van der Waals surface area contributed by atoms with Gasteiger partial charge in [-0.25, -0.2) is 0 Å². The average Bonchev–Trinajstić information content (AvgIpc) is 2.48. The predicted molar refractivity (Wildman–Crippen MR) is 72.8 cm³/mol. The van der Waals surface area contributed by atoms with Gasteiger partial charge in [-0.3, -0.25) is 4.21 Å². The first kappa shape index (κ1) is 12.8. The van der Waals surface area contributed by atoms with E-state index >= 15 is 0 Å². The van der Waals surface area contributed by atoms with Crippen LogP contribution in [0, 0.1) is 0 Å². The molecule has 0 saturated carbocycles. The Labute approximate surface area is 106 Å². The van der Waals surface area contributed by atoms with Gasteiger partial charge in [0.2, 0.25) is 0 Å². The van der Waals surface area contributed by atoms with Gasteiger partial charge in [-0.15, -0.1) is 0 Å². The summed E-state index contributed by atoms with van der Waals surface area (Å²) in [6.45, 7) is 4.40. The van der Waals surface area contributed by atoms with E-state index in [0.717, 1.165) is 23.5 Å². The Bertz CT molecular complexity index is 428. The fraction of sp³-hybridized carbons (Fsp3) is 0.571. The standard InChI is InChI=1S/C14H21NOS/c1-10(2)11-6-7-14-12(9-11)13(15-3)5-4-8-17(14)16/h6-7,9-10,13,15H,4-5,8H2,1-3H3. The fourth-order valence-corrected chi connectivity index (χ4v) is 3.72. The van der Waals surface area contributed by atoms with E-state index in [9.17, 15) is 4.21 Å². The van der Waals surface area contributed by atoms with Crippen molar-refractivity contribution in [1.82, 2.24) is 5.32 Å². The van der Waals surface area contributed by atoms with Gasteiger partial charge >= 0.3 is 0 Å². The largest absolute Gasteiger partial charge is 0.313 e. The van der Waals surface area contributed by atoms with Crippen molar-refractivity contribution >= 4 is 10.8 Å². The van der Waals surface area contributed by atoms with Gasteiger partial charge in [0.25, 0.3) is 0 Å². The van der Waals surface area contributed by atoms with Crippen molar-refractivity contribution in [3.8, 4) is 0 Å². The maximum Gasteiger partial charge on any atom is 0.0532 e. The minimum Gasteiger partial charge on any atom is -0.313 e. The molecule has 2 nitrogen and oxygen atoms in total. The zero-order valence-corrected chi connectivity index (χ0v) is 11.6. The van der Waals surface area contributed by atoms with E-state index in [-0.39, 0.29) is 0 Å². The lowest BCUT2D eigenvalue weighted by Gasteiger charge is -2.18. The van der Waals surface area contributed by atoms with Crippen LogP contribution in [0.1, 0.15) is 49.8 Å². The zero-order chi connectivity index (χ0) is 12.4. The fourth-order valence-electron chi connectivity index (χ4n) is 2.39. The number of nitrogens with one attached hydrogen (secondary N) is 1. The van der Waals surface area contributed by atoms with Gasteiger partial charge in [0.1, 0.15) is 0 Å². The lowest BCUT2D eigenvalue weighted by Crippen LogP contribution is -2.16. The summed E-state index contributed by atoms with van der Waals surface area (Å²) < 4.78 is 12.1. The van der Waals surface area contributed by atoms with E-state index in [1.807, 2.05) is 7.05 Å². The van der Waals surface area contributed by atoms with Crippen molar-refractivity contribution in [2.75, 3.05) is 12.8 Å². The summed E-state index contributed by atoms with van der Waals surface area (Å²) in [4.78, 5) is 1.03. The molecule has 0 aliphatic carbocycles. The molecule has 2 rings (SSSR count). The van der Waals surface area contributed by atoms with Crippen molar-refractivity contribution in [1.29, 1.82) is 0 Å². The van der Waals surface area contributed by atoms with Crippen LogP contribution in [0.5, 0.6) is 0 Å². The molecule has 1 aromatic carbocycles. The van der Waals surface area contributed by atoms with Gasteiger partial charge in [-0.05, 0) is 43.0 Å². The van der Waals surface area contributed by atoms with Crippen LogP contribution in [-0.4, -0.2) is 17.0 Å². The predicted octanol–water partition coefficient (Wildman–Crippen LogP) is 2.97. The maximum absolute atomic E-state index is 12.1. The van der Waals surface area contributed by atoms with Crippen LogP contribution in [0.15, 0.2) is 23.1 Å². The lowest BCUT2D eigenvalue weighted by molar-refractivity contribution is 0.540. The summed E-state index contributed by atoms with van der Waals surface area (Å²) in [7, 11) is 1.17. The molecule has 94 valence electrons. The smallest absolute Gasteiger partial charge is 0.0532 e. The number of benzene rings is 1. The van der Waals surface area contributed by atoms with Crippen LogP contribution in [0.3, 0.4) is 0 Å². The van der Waals surface area contributed by atoms with Crippen molar-refractivity contribution < 1.29 is 4.21 Å². The number of rotatable bonds is 2. The second kappa shape index (κ2) is 5.32. The molecule has 2 unspecified atom stereocenters. The Morgan fingerprint density at radius 2 is 2.18 bits per heavy atom. The number of fused-ring (bicyclic) bond motifs is 1. The molecule has 1 aliphatic heterocycles. The van der Waals surface area contributed by atoms with Gasteiger partial charge in [0.05, 0.1) is 10.8 Å². The summed E-state index contributed by atoms with van der Waals surface area (Å²) in [6.07, 6.45) is 2.11. The highest BCUT2D eigenvalue weighted by Gasteiger charge is 2.22. The highest BCUT2D eigenvalue weighted by molar-refractivity contribution is 7.85. The quantitative estimate of drug-likeness (QED) is 0.875. The first-order valence-electron chi connectivity index (χ1n) is 6.33. The van der Waals surface area contributed by atoms with Gasteiger partial charge in [0, 0.05) is 16.7 Å². The summed E-state index contributed by atoms with van der Waals surface area (Å²) in [5.41, 5.74) is 2.58.